The number of hydrogen-bond donors (Lipinski definition) is 4. The second-order valence-electron chi connectivity index (χ2n) is 8.00. The standard InChI is InChI=1S/C21H42N2O6/c1-16(12-24)22(17(2)13-25)20(28)10-8-6-5-7-9-11-21(29)23(18(3)14-26)19(4)15-27/h16-19,24-27H,5-15H2,1-4H3. The molecule has 0 aromatic heterocycles. The highest BCUT2D eigenvalue weighted by Crippen LogP contribution is 2.14. The summed E-state index contributed by atoms with van der Waals surface area (Å²) in [4.78, 5) is 27.9. The number of nitrogens with zero attached hydrogens (tertiary/aromatic N) is 2. The van der Waals surface area contributed by atoms with Crippen LogP contribution in [0.1, 0.15) is 72.6 Å². The maximum absolute atomic E-state index is 12.4. The zero-order chi connectivity index (χ0) is 22.4. The topological polar surface area (TPSA) is 122 Å². The Balaban J connectivity index is 4.21. The summed E-state index contributed by atoms with van der Waals surface area (Å²) in [6.45, 7) is 6.52. The van der Waals surface area contributed by atoms with Crippen molar-refractivity contribution in [2.75, 3.05) is 26.4 Å². The molecule has 4 atom stereocenters. The van der Waals surface area contributed by atoms with E-state index in [0.29, 0.717) is 12.8 Å². The van der Waals surface area contributed by atoms with Crippen molar-refractivity contribution in [3.63, 3.8) is 0 Å². The molecule has 0 saturated carbocycles. The van der Waals surface area contributed by atoms with Crippen LogP contribution < -0.4 is 0 Å². The van der Waals surface area contributed by atoms with Crippen molar-refractivity contribution < 1.29 is 30.0 Å². The molecule has 0 spiro atoms. The molecule has 0 aromatic rings. The molecular formula is C21H42N2O6. The molecule has 2 amide bonds. The molecule has 0 aliphatic heterocycles. The van der Waals surface area contributed by atoms with Gasteiger partial charge in [-0.2, -0.15) is 0 Å². The van der Waals surface area contributed by atoms with Crippen molar-refractivity contribution in [1.29, 1.82) is 0 Å². The number of aliphatic hydroxyl groups excluding tert-OH is 4. The lowest BCUT2D eigenvalue weighted by molar-refractivity contribution is -0.138. The number of amides is 2. The molecule has 0 radical (unpaired) electrons. The van der Waals surface area contributed by atoms with Crippen LogP contribution in [0.15, 0.2) is 0 Å². The second-order valence-corrected chi connectivity index (χ2v) is 8.00. The van der Waals surface area contributed by atoms with E-state index < -0.39 is 0 Å². The molecule has 0 rings (SSSR count). The molecule has 4 N–H and O–H groups in total. The summed E-state index contributed by atoms with van der Waals surface area (Å²) in [6, 6.07) is -1.27. The van der Waals surface area contributed by atoms with E-state index in [0.717, 1.165) is 32.1 Å². The van der Waals surface area contributed by atoms with Gasteiger partial charge in [0, 0.05) is 12.8 Å². The Labute approximate surface area is 175 Å². The summed E-state index contributed by atoms with van der Waals surface area (Å²) >= 11 is 0. The number of unbranched alkanes of at least 4 members (excludes halogenated alkanes) is 4. The first-order chi connectivity index (χ1) is 13.7. The van der Waals surface area contributed by atoms with Gasteiger partial charge in [0.15, 0.2) is 0 Å². The first kappa shape index (κ1) is 27.8. The minimum absolute atomic E-state index is 0.0603. The summed E-state index contributed by atoms with van der Waals surface area (Å²) in [5, 5.41) is 37.3. The first-order valence-corrected chi connectivity index (χ1v) is 10.8. The maximum Gasteiger partial charge on any atom is 0.223 e. The van der Waals surface area contributed by atoms with E-state index in [1.54, 1.807) is 37.5 Å². The lowest BCUT2D eigenvalue weighted by Crippen LogP contribution is -2.47. The van der Waals surface area contributed by atoms with Gasteiger partial charge in [-0.05, 0) is 40.5 Å². The van der Waals surface area contributed by atoms with Crippen LogP contribution in [0.25, 0.3) is 0 Å². The van der Waals surface area contributed by atoms with E-state index in [1.807, 2.05) is 0 Å². The third-order valence-electron chi connectivity index (χ3n) is 5.31. The predicted octanol–water partition coefficient (Wildman–Crippen LogP) is 0.898. The quantitative estimate of drug-likeness (QED) is 0.276. The molecule has 0 saturated heterocycles. The van der Waals surface area contributed by atoms with Crippen molar-refractivity contribution in [2.45, 2.75) is 96.8 Å². The molecule has 0 aliphatic carbocycles. The lowest BCUT2D eigenvalue weighted by atomic mass is 10.1. The molecule has 0 fully saturated rings. The van der Waals surface area contributed by atoms with Crippen molar-refractivity contribution >= 4 is 11.8 Å². The summed E-state index contributed by atoms with van der Waals surface area (Å²) < 4.78 is 0. The minimum Gasteiger partial charge on any atom is -0.394 e. The average Bonchev–Trinajstić information content (AvgIpc) is 2.72. The number of carbonyl (C=O) groups is 2. The average molecular weight is 419 g/mol. The van der Waals surface area contributed by atoms with Crippen LogP contribution in [-0.4, -0.2) is 92.6 Å². The molecule has 0 bridgehead atoms. The molecule has 8 heteroatoms. The van der Waals surface area contributed by atoms with Crippen LogP contribution in [0.4, 0.5) is 0 Å². The lowest BCUT2D eigenvalue weighted by Gasteiger charge is -2.33. The van der Waals surface area contributed by atoms with Crippen molar-refractivity contribution in [1.82, 2.24) is 9.80 Å². The fourth-order valence-electron chi connectivity index (χ4n) is 3.54. The molecule has 8 nitrogen and oxygen atoms in total. The predicted molar refractivity (Wildman–Crippen MR) is 112 cm³/mol. The molecule has 0 aliphatic rings. The van der Waals surface area contributed by atoms with Gasteiger partial charge in [0.05, 0.1) is 50.6 Å². The summed E-state index contributed by atoms with van der Waals surface area (Å²) in [5.41, 5.74) is 0. The molecule has 4 unspecified atom stereocenters. The van der Waals surface area contributed by atoms with Crippen LogP contribution in [0.5, 0.6) is 0 Å². The van der Waals surface area contributed by atoms with Crippen molar-refractivity contribution in [3.05, 3.63) is 0 Å². The molecule has 172 valence electrons. The van der Waals surface area contributed by atoms with Crippen LogP contribution in [0.2, 0.25) is 0 Å². The van der Waals surface area contributed by atoms with Gasteiger partial charge >= 0.3 is 0 Å². The molecule has 0 aromatic carbocycles. The smallest absolute Gasteiger partial charge is 0.223 e. The van der Waals surface area contributed by atoms with Crippen LogP contribution in [-0.2, 0) is 9.59 Å². The SMILES string of the molecule is CC(CO)N(C(=O)CCCCCCCC(=O)N(C(C)CO)C(C)CO)C(C)CO. The summed E-state index contributed by atoms with van der Waals surface area (Å²) in [6.07, 6.45) is 4.88. The third-order valence-corrected chi connectivity index (χ3v) is 5.31. The van der Waals surface area contributed by atoms with Crippen molar-refractivity contribution in [3.8, 4) is 0 Å². The van der Waals surface area contributed by atoms with Gasteiger partial charge in [-0.1, -0.05) is 19.3 Å². The number of aliphatic hydroxyl groups is 4. The number of hydrogen-bond acceptors (Lipinski definition) is 6. The highest BCUT2D eigenvalue weighted by Gasteiger charge is 2.25. The van der Waals surface area contributed by atoms with Crippen LogP contribution in [0, 0.1) is 0 Å². The second kappa shape index (κ2) is 15.6. The van der Waals surface area contributed by atoms with E-state index in [1.165, 1.54) is 0 Å². The highest BCUT2D eigenvalue weighted by atomic mass is 16.3. The van der Waals surface area contributed by atoms with Gasteiger partial charge in [0.1, 0.15) is 0 Å². The Morgan fingerprint density at radius 1 is 0.552 bits per heavy atom. The monoisotopic (exact) mass is 418 g/mol. The molecular weight excluding hydrogens is 376 g/mol. The Kier molecular flexibility index (Phi) is 14.9. The van der Waals surface area contributed by atoms with E-state index in [9.17, 15) is 30.0 Å². The fourth-order valence-corrected chi connectivity index (χ4v) is 3.54. The number of carbonyl (C=O) groups excluding carboxylic acids is 2. The van der Waals surface area contributed by atoms with E-state index in [2.05, 4.69) is 0 Å². The van der Waals surface area contributed by atoms with Gasteiger partial charge in [0.25, 0.3) is 0 Å². The van der Waals surface area contributed by atoms with Gasteiger partial charge in [-0.25, -0.2) is 0 Å². The van der Waals surface area contributed by atoms with Crippen molar-refractivity contribution in [2.24, 2.45) is 0 Å². The van der Waals surface area contributed by atoms with Gasteiger partial charge < -0.3 is 30.2 Å². The van der Waals surface area contributed by atoms with Gasteiger partial charge in [-0.15, -0.1) is 0 Å². The largest absolute Gasteiger partial charge is 0.394 e. The van der Waals surface area contributed by atoms with Gasteiger partial charge in [0.2, 0.25) is 11.8 Å². The Hall–Kier alpha value is -1.22. The molecule has 0 heterocycles. The first-order valence-electron chi connectivity index (χ1n) is 10.8. The normalized spacial score (nSPS) is 15.4. The summed E-state index contributed by atoms with van der Waals surface area (Å²) in [7, 11) is 0. The maximum atomic E-state index is 12.4. The van der Waals surface area contributed by atoms with Crippen LogP contribution >= 0.6 is 0 Å². The van der Waals surface area contributed by atoms with E-state index in [4.69, 9.17) is 0 Å². The van der Waals surface area contributed by atoms with Crippen LogP contribution in [0.3, 0.4) is 0 Å². The minimum atomic E-state index is -0.318. The van der Waals surface area contributed by atoms with E-state index >= 15 is 0 Å². The zero-order valence-electron chi connectivity index (χ0n) is 18.6. The Morgan fingerprint density at radius 3 is 1.03 bits per heavy atom. The fraction of sp³-hybridized carbons (Fsp3) is 0.905. The zero-order valence-corrected chi connectivity index (χ0v) is 18.6. The molecule has 29 heavy (non-hydrogen) atoms. The third kappa shape index (κ3) is 9.89. The Morgan fingerprint density at radius 2 is 0.793 bits per heavy atom. The summed E-state index contributed by atoms with van der Waals surface area (Å²) in [5.74, 6) is -0.121. The Bertz CT molecular complexity index is 402. The highest BCUT2D eigenvalue weighted by molar-refractivity contribution is 5.77. The van der Waals surface area contributed by atoms with Gasteiger partial charge in [-0.3, -0.25) is 9.59 Å². The van der Waals surface area contributed by atoms with E-state index in [-0.39, 0.29) is 62.4 Å². The number of rotatable bonds is 16.